The van der Waals surface area contributed by atoms with Crippen LogP contribution in [0.15, 0.2) is 23.8 Å². The van der Waals surface area contributed by atoms with Crippen LogP contribution >= 0.6 is 0 Å². The van der Waals surface area contributed by atoms with E-state index in [2.05, 4.69) is 60.4 Å². The lowest BCUT2D eigenvalue weighted by atomic mass is 10.0. The lowest BCUT2D eigenvalue weighted by Crippen LogP contribution is -2.46. The standard InChI is InChI=1S/C21H40O3Si/c1-15(2)12-17(22)14-18-10-11-19(23-18)20(13-16(3)4)24-25(8,9)21(5,6)7/h13,17-20,22H,1,10-12,14H2,2-9H3/t17-,18+,19+,20+/m0/s1. The summed E-state index contributed by atoms with van der Waals surface area (Å²) in [6.45, 7) is 21.5. The molecule has 0 amide bonds. The fourth-order valence-corrected chi connectivity index (χ4v) is 4.25. The zero-order valence-electron chi connectivity index (χ0n) is 17.7. The summed E-state index contributed by atoms with van der Waals surface area (Å²) in [5, 5.41) is 10.3. The number of hydrogen-bond acceptors (Lipinski definition) is 3. The molecule has 0 aromatic carbocycles. The molecule has 0 bridgehead atoms. The van der Waals surface area contributed by atoms with E-state index in [9.17, 15) is 5.11 Å². The van der Waals surface area contributed by atoms with E-state index in [1.54, 1.807) is 0 Å². The van der Waals surface area contributed by atoms with Crippen LogP contribution < -0.4 is 0 Å². The van der Waals surface area contributed by atoms with Gasteiger partial charge in [0.05, 0.1) is 24.4 Å². The molecule has 1 aliphatic heterocycles. The smallest absolute Gasteiger partial charge is 0.193 e. The highest BCUT2D eigenvalue weighted by Gasteiger charge is 2.42. The number of ether oxygens (including phenoxy) is 1. The summed E-state index contributed by atoms with van der Waals surface area (Å²) in [7, 11) is -1.86. The van der Waals surface area contributed by atoms with Crippen LogP contribution in [0.2, 0.25) is 18.1 Å². The molecule has 3 nitrogen and oxygen atoms in total. The van der Waals surface area contributed by atoms with Crippen LogP contribution in [0, 0.1) is 0 Å². The zero-order valence-corrected chi connectivity index (χ0v) is 18.7. The van der Waals surface area contributed by atoms with Gasteiger partial charge in [-0.3, -0.25) is 0 Å². The van der Waals surface area contributed by atoms with E-state index in [1.807, 2.05) is 6.92 Å². The first-order valence-corrected chi connectivity index (χ1v) is 12.5. The fourth-order valence-electron chi connectivity index (χ4n) is 3.00. The van der Waals surface area contributed by atoms with Gasteiger partial charge >= 0.3 is 0 Å². The van der Waals surface area contributed by atoms with Crippen molar-refractivity contribution in [2.75, 3.05) is 0 Å². The third kappa shape index (κ3) is 7.38. The van der Waals surface area contributed by atoms with Crippen LogP contribution in [0.5, 0.6) is 0 Å². The first-order valence-electron chi connectivity index (χ1n) is 9.62. The molecule has 0 radical (unpaired) electrons. The minimum absolute atomic E-state index is 0.00850. The third-order valence-corrected chi connectivity index (χ3v) is 9.83. The summed E-state index contributed by atoms with van der Waals surface area (Å²) in [4.78, 5) is 0. The highest BCUT2D eigenvalue weighted by molar-refractivity contribution is 6.74. The fraction of sp³-hybridized carbons (Fsp3) is 0.810. The number of hydrogen-bond donors (Lipinski definition) is 1. The molecule has 1 heterocycles. The van der Waals surface area contributed by atoms with Crippen LogP contribution in [-0.2, 0) is 9.16 Å². The zero-order chi connectivity index (χ0) is 19.4. The molecule has 0 aromatic heterocycles. The Bertz CT molecular complexity index is 472. The molecule has 1 aliphatic rings. The quantitative estimate of drug-likeness (QED) is 0.447. The molecule has 1 N–H and O–H groups in total. The van der Waals surface area contributed by atoms with Crippen molar-refractivity contribution in [1.82, 2.24) is 0 Å². The Labute approximate surface area is 156 Å². The molecule has 0 spiro atoms. The number of aliphatic hydroxyl groups is 1. The Morgan fingerprint density at radius 1 is 1.28 bits per heavy atom. The van der Waals surface area contributed by atoms with Crippen molar-refractivity contribution in [1.29, 1.82) is 0 Å². The summed E-state index contributed by atoms with van der Waals surface area (Å²) in [5.74, 6) is 0. The van der Waals surface area contributed by atoms with E-state index in [-0.39, 0.29) is 29.5 Å². The molecule has 0 saturated carbocycles. The first-order chi connectivity index (χ1) is 11.3. The summed E-state index contributed by atoms with van der Waals surface area (Å²) in [6.07, 6.45) is 5.41. The summed E-state index contributed by atoms with van der Waals surface area (Å²) in [6, 6.07) is 0. The molecule has 4 heteroatoms. The molecule has 146 valence electrons. The van der Waals surface area contributed by atoms with Crippen LogP contribution in [0.4, 0.5) is 0 Å². The third-order valence-electron chi connectivity index (χ3n) is 5.36. The van der Waals surface area contributed by atoms with Crippen molar-refractivity contribution in [3.63, 3.8) is 0 Å². The van der Waals surface area contributed by atoms with Gasteiger partial charge in [-0.25, -0.2) is 0 Å². The number of aliphatic hydroxyl groups excluding tert-OH is 1. The molecule has 0 aromatic rings. The van der Waals surface area contributed by atoms with Crippen molar-refractivity contribution >= 4 is 8.32 Å². The Morgan fingerprint density at radius 2 is 1.88 bits per heavy atom. The Kier molecular flexibility index (Phi) is 8.13. The van der Waals surface area contributed by atoms with Gasteiger partial charge in [-0.05, 0) is 64.6 Å². The van der Waals surface area contributed by atoms with Gasteiger partial charge in [0, 0.05) is 0 Å². The maximum Gasteiger partial charge on any atom is 0.193 e. The summed E-state index contributed by atoms with van der Waals surface area (Å²) < 4.78 is 13.0. The monoisotopic (exact) mass is 368 g/mol. The van der Waals surface area contributed by atoms with Crippen molar-refractivity contribution in [3.05, 3.63) is 23.8 Å². The molecule has 25 heavy (non-hydrogen) atoms. The molecular formula is C21H40O3Si. The summed E-state index contributed by atoms with van der Waals surface area (Å²) >= 11 is 0. The molecule has 1 saturated heterocycles. The van der Waals surface area contributed by atoms with E-state index in [4.69, 9.17) is 9.16 Å². The molecule has 0 unspecified atom stereocenters. The van der Waals surface area contributed by atoms with Gasteiger partial charge in [0.2, 0.25) is 0 Å². The van der Waals surface area contributed by atoms with Gasteiger partial charge in [-0.15, -0.1) is 6.58 Å². The lowest BCUT2D eigenvalue weighted by Gasteiger charge is -2.40. The van der Waals surface area contributed by atoms with Crippen molar-refractivity contribution in [3.8, 4) is 0 Å². The van der Waals surface area contributed by atoms with Gasteiger partial charge in [-0.1, -0.05) is 38.0 Å². The molecular weight excluding hydrogens is 328 g/mol. The van der Waals surface area contributed by atoms with E-state index in [1.165, 1.54) is 5.57 Å². The Morgan fingerprint density at radius 3 is 2.36 bits per heavy atom. The predicted octanol–water partition coefficient (Wildman–Crippen LogP) is 5.61. The van der Waals surface area contributed by atoms with E-state index in [0.717, 1.165) is 18.4 Å². The van der Waals surface area contributed by atoms with Gasteiger partial charge < -0.3 is 14.3 Å². The van der Waals surface area contributed by atoms with Crippen LogP contribution in [0.25, 0.3) is 0 Å². The second kappa shape index (κ2) is 8.98. The lowest BCUT2D eigenvalue weighted by molar-refractivity contribution is -0.0280. The maximum absolute atomic E-state index is 10.2. The highest BCUT2D eigenvalue weighted by atomic mass is 28.4. The van der Waals surface area contributed by atoms with E-state index >= 15 is 0 Å². The van der Waals surface area contributed by atoms with Crippen LogP contribution in [-0.4, -0.2) is 37.8 Å². The topological polar surface area (TPSA) is 38.7 Å². The van der Waals surface area contributed by atoms with E-state index < -0.39 is 8.32 Å². The van der Waals surface area contributed by atoms with Gasteiger partial charge in [0.15, 0.2) is 8.32 Å². The SMILES string of the molecule is C=C(C)C[C@H](O)C[C@H]1CC[C@H]([C@@H](C=C(C)C)O[Si](C)(C)C(C)(C)C)O1. The minimum atomic E-state index is -1.86. The Hall–Kier alpha value is -0.423. The average Bonchev–Trinajstić information content (AvgIpc) is 2.82. The number of rotatable bonds is 8. The van der Waals surface area contributed by atoms with Gasteiger partial charge in [-0.2, -0.15) is 0 Å². The minimum Gasteiger partial charge on any atom is -0.408 e. The van der Waals surface area contributed by atoms with Crippen molar-refractivity contribution in [2.24, 2.45) is 0 Å². The predicted molar refractivity (Wildman–Crippen MR) is 109 cm³/mol. The molecule has 0 aliphatic carbocycles. The molecule has 1 rings (SSSR count). The summed E-state index contributed by atoms with van der Waals surface area (Å²) in [5.41, 5.74) is 2.28. The normalized spacial score (nSPS) is 24.0. The van der Waals surface area contributed by atoms with Gasteiger partial charge in [0.1, 0.15) is 0 Å². The van der Waals surface area contributed by atoms with Gasteiger partial charge in [0.25, 0.3) is 0 Å². The highest BCUT2D eigenvalue weighted by Crippen LogP contribution is 2.39. The second-order valence-electron chi connectivity index (χ2n) is 9.51. The molecule has 4 atom stereocenters. The van der Waals surface area contributed by atoms with E-state index in [0.29, 0.717) is 12.8 Å². The maximum atomic E-state index is 10.2. The Balaban J connectivity index is 2.76. The van der Waals surface area contributed by atoms with Crippen LogP contribution in [0.3, 0.4) is 0 Å². The van der Waals surface area contributed by atoms with Crippen LogP contribution in [0.1, 0.15) is 67.2 Å². The number of allylic oxidation sites excluding steroid dienone is 1. The average molecular weight is 369 g/mol. The van der Waals surface area contributed by atoms with Crippen molar-refractivity contribution in [2.45, 2.75) is 110 Å². The molecule has 1 fully saturated rings. The van der Waals surface area contributed by atoms with Crippen molar-refractivity contribution < 1.29 is 14.3 Å². The largest absolute Gasteiger partial charge is 0.408 e. The second-order valence-corrected chi connectivity index (χ2v) is 14.3. The first kappa shape index (κ1) is 22.6.